The van der Waals surface area contributed by atoms with Gasteiger partial charge in [0.05, 0.1) is 16.2 Å². The summed E-state index contributed by atoms with van der Waals surface area (Å²) in [5.41, 5.74) is -0.156. The molecule has 3 nitrogen and oxygen atoms in total. The number of rotatable bonds is 3. The Morgan fingerprint density at radius 1 is 1.53 bits per heavy atom. The maximum Gasteiger partial charge on any atom is 0.241 e. The lowest BCUT2D eigenvalue weighted by Crippen LogP contribution is -2.21. The molecule has 0 spiro atoms. The standard InChI is InChI=1S/C11H9BrF2N2O/c1-2-6(5-15)11(17)16-10-3-7(12)8(13)4-9(10)14/h3-4,6H,2H2,1H3,(H,16,17). The lowest BCUT2D eigenvalue weighted by molar-refractivity contribution is -0.118. The van der Waals surface area contributed by atoms with Crippen LogP contribution in [0.4, 0.5) is 14.5 Å². The van der Waals surface area contributed by atoms with Crippen molar-refractivity contribution in [3.8, 4) is 6.07 Å². The van der Waals surface area contributed by atoms with Gasteiger partial charge < -0.3 is 5.32 Å². The van der Waals surface area contributed by atoms with Crippen LogP contribution in [0.15, 0.2) is 16.6 Å². The zero-order valence-electron chi connectivity index (χ0n) is 8.93. The molecule has 0 aliphatic heterocycles. The number of carbonyl (C=O) groups excluding carboxylic acids is 1. The summed E-state index contributed by atoms with van der Waals surface area (Å²) in [4.78, 5) is 11.5. The summed E-state index contributed by atoms with van der Waals surface area (Å²) in [6.45, 7) is 1.67. The van der Waals surface area contributed by atoms with E-state index in [-0.39, 0.29) is 10.2 Å². The lowest BCUT2D eigenvalue weighted by Gasteiger charge is -2.09. The van der Waals surface area contributed by atoms with Crippen molar-refractivity contribution in [1.29, 1.82) is 5.26 Å². The predicted octanol–water partition coefficient (Wildman–Crippen LogP) is 3.22. The maximum absolute atomic E-state index is 13.3. The number of nitrogens with one attached hydrogen (secondary N) is 1. The van der Waals surface area contributed by atoms with Crippen LogP contribution < -0.4 is 5.32 Å². The van der Waals surface area contributed by atoms with Crippen molar-refractivity contribution in [3.63, 3.8) is 0 Å². The van der Waals surface area contributed by atoms with Crippen molar-refractivity contribution < 1.29 is 13.6 Å². The Labute approximate surface area is 106 Å². The molecule has 0 saturated heterocycles. The van der Waals surface area contributed by atoms with E-state index in [2.05, 4.69) is 21.2 Å². The molecule has 6 heteroatoms. The fraction of sp³-hybridized carbons (Fsp3) is 0.273. The van der Waals surface area contributed by atoms with Gasteiger partial charge in [-0.15, -0.1) is 0 Å². The maximum atomic E-state index is 13.3. The molecule has 1 unspecified atom stereocenters. The minimum absolute atomic E-state index is 0.0409. The summed E-state index contributed by atoms with van der Waals surface area (Å²) in [5.74, 6) is -3.09. The van der Waals surface area contributed by atoms with Crippen molar-refractivity contribution in [2.75, 3.05) is 5.32 Å². The first-order valence-electron chi connectivity index (χ1n) is 4.84. The number of amides is 1. The molecular weight excluding hydrogens is 294 g/mol. The largest absolute Gasteiger partial charge is 0.322 e. The topological polar surface area (TPSA) is 52.9 Å². The molecule has 0 saturated carbocycles. The number of carbonyl (C=O) groups is 1. The van der Waals surface area contributed by atoms with E-state index in [9.17, 15) is 13.6 Å². The Morgan fingerprint density at radius 3 is 2.71 bits per heavy atom. The monoisotopic (exact) mass is 302 g/mol. The number of nitrogens with zero attached hydrogens (tertiary/aromatic N) is 1. The van der Waals surface area contributed by atoms with Crippen molar-refractivity contribution in [3.05, 3.63) is 28.2 Å². The lowest BCUT2D eigenvalue weighted by atomic mass is 10.1. The molecule has 1 atom stereocenters. The van der Waals surface area contributed by atoms with E-state index in [1.807, 2.05) is 0 Å². The van der Waals surface area contributed by atoms with Gasteiger partial charge in [0.25, 0.3) is 0 Å². The van der Waals surface area contributed by atoms with Crippen LogP contribution in [0.2, 0.25) is 0 Å². The summed E-state index contributed by atoms with van der Waals surface area (Å²) in [6.07, 6.45) is 0.326. The zero-order chi connectivity index (χ0) is 13.0. The zero-order valence-corrected chi connectivity index (χ0v) is 10.5. The number of halogens is 3. The second-order valence-electron chi connectivity index (χ2n) is 3.33. The first kappa shape index (κ1) is 13.6. The number of hydrogen-bond acceptors (Lipinski definition) is 2. The van der Waals surface area contributed by atoms with Gasteiger partial charge in [0, 0.05) is 6.07 Å². The Kier molecular flexibility index (Phi) is 4.58. The van der Waals surface area contributed by atoms with E-state index >= 15 is 0 Å². The molecule has 1 amide bonds. The molecule has 0 bridgehead atoms. The molecular formula is C11H9BrF2N2O. The number of hydrogen-bond donors (Lipinski definition) is 1. The van der Waals surface area contributed by atoms with E-state index in [1.54, 1.807) is 13.0 Å². The van der Waals surface area contributed by atoms with Gasteiger partial charge in [-0.3, -0.25) is 4.79 Å². The van der Waals surface area contributed by atoms with Crippen LogP contribution in [0.1, 0.15) is 13.3 Å². The van der Waals surface area contributed by atoms with Crippen molar-refractivity contribution in [1.82, 2.24) is 0 Å². The van der Waals surface area contributed by atoms with Crippen LogP contribution >= 0.6 is 15.9 Å². The molecule has 1 N–H and O–H groups in total. The second kappa shape index (κ2) is 5.73. The second-order valence-corrected chi connectivity index (χ2v) is 4.18. The van der Waals surface area contributed by atoms with Crippen LogP contribution in [0.25, 0.3) is 0 Å². The highest BCUT2D eigenvalue weighted by Gasteiger charge is 2.18. The fourth-order valence-electron chi connectivity index (χ4n) is 1.17. The molecule has 0 aliphatic rings. The number of benzene rings is 1. The molecule has 90 valence electrons. The average Bonchev–Trinajstić information content (AvgIpc) is 2.27. The van der Waals surface area contributed by atoms with E-state index in [0.717, 1.165) is 6.07 Å². The highest BCUT2D eigenvalue weighted by Crippen LogP contribution is 2.24. The van der Waals surface area contributed by atoms with E-state index < -0.39 is 23.5 Å². The molecule has 0 heterocycles. The third-order valence-electron chi connectivity index (χ3n) is 2.15. The first-order valence-corrected chi connectivity index (χ1v) is 5.64. The van der Waals surface area contributed by atoms with Crippen LogP contribution in [0.5, 0.6) is 0 Å². The Hall–Kier alpha value is -1.48. The quantitative estimate of drug-likeness (QED) is 0.872. The number of anilines is 1. The van der Waals surface area contributed by atoms with Crippen molar-refractivity contribution in [2.24, 2.45) is 5.92 Å². The summed E-state index contributed by atoms with van der Waals surface area (Å²) >= 11 is 2.88. The molecule has 0 aromatic heterocycles. The molecule has 1 aromatic carbocycles. The van der Waals surface area contributed by atoms with Gasteiger partial charge in [0.2, 0.25) is 5.91 Å². The van der Waals surface area contributed by atoms with Gasteiger partial charge >= 0.3 is 0 Å². The molecule has 1 rings (SSSR count). The minimum Gasteiger partial charge on any atom is -0.322 e. The Bertz CT molecular complexity index is 485. The Balaban J connectivity index is 2.93. The molecule has 0 radical (unpaired) electrons. The highest BCUT2D eigenvalue weighted by molar-refractivity contribution is 9.10. The summed E-state index contributed by atoms with van der Waals surface area (Å²) < 4.78 is 26.3. The van der Waals surface area contributed by atoms with Gasteiger partial charge in [0.1, 0.15) is 17.6 Å². The summed E-state index contributed by atoms with van der Waals surface area (Å²) in [5, 5.41) is 10.9. The van der Waals surface area contributed by atoms with Crippen LogP contribution in [0.3, 0.4) is 0 Å². The Morgan fingerprint density at radius 2 is 2.18 bits per heavy atom. The third kappa shape index (κ3) is 3.24. The third-order valence-corrected chi connectivity index (χ3v) is 2.76. The van der Waals surface area contributed by atoms with E-state index in [1.165, 1.54) is 0 Å². The summed E-state index contributed by atoms with van der Waals surface area (Å²) in [7, 11) is 0. The first-order chi connectivity index (χ1) is 7.99. The average molecular weight is 303 g/mol. The molecule has 1 aromatic rings. The SMILES string of the molecule is CCC(C#N)C(=O)Nc1cc(Br)c(F)cc1F. The van der Waals surface area contributed by atoms with Crippen LogP contribution in [-0.4, -0.2) is 5.91 Å². The smallest absolute Gasteiger partial charge is 0.241 e. The summed E-state index contributed by atoms with van der Waals surface area (Å²) in [6, 6.07) is 3.57. The van der Waals surface area contributed by atoms with Crippen LogP contribution in [0, 0.1) is 28.9 Å². The molecule has 0 aliphatic carbocycles. The van der Waals surface area contributed by atoms with Gasteiger partial charge in [-0.25, -0.2) is 8.78 Å². The number of nitriles is 1. The minimum atomic E-state index is -0.883. The normalized spacial score (nSPS) is 11.7. The molecule has 0 fully saturated rings. The van der Waals surface area contributed by atoms with Gasteiger partial charge in [-0.05, 0) is 28.4 Å². The van der Waals surface area contributed by atoms with Crippen molar-refractivity contribution >= 4 is 27.5 Å². The van der Waals surface area contributed by atoms with Crippen LogP contribution in [-0.2, 0) is 4.79 Å². The van der Waals surface area contributed by atoms with Crippen molar-refractivity contribution in [2.45, 2.75) is 13.3 Å². The predicted molar refractivity (Wildman–Crippen MR) is 62.1 cm³/mol. The van der Waals surface area contributed by atoms with Gasteiger partial charge in [-0.2, -0.15) is 5.26 Å². The highest BCUT2D eigenvalue weighted by atomic mass is 79.9. The van der Waals surface area contributed by atoms with Gasteiger partial charge in [0.15, 0.2) is 0 Å². The fourth-order valence-corrected chi connectivity index (χ4v) is 1.52. The van der Waals surface area contributed by atoms with E-state index in [4.69, 9.17) is 5.26 Å². The van der Waals surface area contributed by atoms with E-state index in [0.29, 0.717) is 12.5 Å². The van der Waals surface area contributed by atoms with Gasteiger partial charge in [-0.1, -0.05) is 6.92 Å². The molecule has 17 heavy (non-hydrogen) atoms.